The van der Waals surface area contributed by atoms with Crippen molar-refractivity contribution in [2.45, 2.75) is 58.3 Å². The fraction of sp³-hybridized carbons (Fsp3) is 0.400. The largest absolute Gasteiger partial charge is 0.494 e. The summed E-state index contributed by atoms with van der Waals surface area (Å²) in [5.41, 5.74) is 4.39. The van der Waals surface area contributed by atoms with Gasteiger partial charge in [-0.25, -0.2) is 4.98 Å². The molecule has 0 saturated heterocycles. The second kappa shape index (κ2) is 14.6. The monoisotopic (exact) mass is 571 g/mol. The molecule has 0 N–H and O–H groups in total. The summed E-state index contributed by atoms with van der Waals surface area (Å²) in [6, 6.07) is 24.7. The van der Waals surface area contributed by atoms with E-state index in [1.165, 1.54) is 31.2 Å². The zero-order valence-corrected chi connectivity index (χ0v) is 25.2. The zero-order chi connectivity index (χ0) is 28.4. The maximum Gasteiger partial charge on any atom is 0.119 e. The summed E-state index contributed by atoms with van der Waals surface area (Å²) in [7, 11) is 0. The molecule has 1 aliphatic carbocycles. The molecule has 0 bridgehead atoms. The summed E-state index contributed by atoms with van der Waals surface area (Å²) in [6.07, 6.45) is 8.97. The Morgan fingerprint density at radius 1 is 0.878 bits per heavy atom. The topological polar surface area (TPSA) is 39.5 Å². The highest BCUT2D eigenvalue weighted by Crippen LogP contribution is 2.36. The number of hydrogen-bond acceptors (Lipinski definition) is 4. The van der Waals surface area contributed by atoms with Crippen molar-refractivity contribution >= 4 is 11.6 Å². The van der Waals surface area contributed by atoms with Crippen LogP contribution in [0.2, 0.25) is 5.02 Å². The molecular formula is C35H42ClN3O2. The molecule has 5 nitrogen and oxygen atoms in total. The van der Waals surface area contributed by atoms with E-state index in [2.05, 4.69) is 72.0 Å². The van der Waals surface area contributed by atoms with E-state index >= 15 is 0 Å². The molecule has 3 aromatic carbocycles. The molecule has 1 saturated carbocycles. The normalized spacial score (nSPS) is 13.7. The van der Waals surface area contributed by atoms with Crippen molar-refractivity contribution in [2.75, 3.05) is 32.8 Å². The number of aromatic nitrogens is 2. The Balaban J connectivity index is 1.24. The van der Waals surface area contributed by atoms with Crippen molar-refractivity contribution in [2.24, 2.45) is 0 Å². The molecule has 4 aromatic rings. The molecule has 1 fully saturated rings. The molecule has 1 aromatic heterocycles. The summed E-state index contributed by atoms with van der Waals surface area (Å²) in [5.74, 6) is 3.43. The van der Waals surface area contributed by atoms with Crippen LogP contribution < -0.4 is 9.47 Å². The zero-order valence-electron chi connectivity index (χ0n) is 24.4. The summed E-state index contributed by atoms with van der Waals surface area (Å²) in [6.45, 7) is 9.01. The first kappa shape index (κ1) is 29.2. The number of imidazole rings is 1. The van der Waals surface area contributed by atoms with Crippen molar-refractivity contribution in [1.29, 1.82) is 0 Å². The van der Waals surface area contributed by atoms with Crippen LogP contribution >= 0.6 is 11.6 Å². The summed E-state index contributed by atoms with van der Waals surface area (Å²) < 4.78 is 14.3. The van der Waals surface area contributed by atoms with E-state index in [-0.39, 0.29) is 0 Å². The standard InChI is InChI=1S/C35H42ClN3O2/c1-3-38(4-2)22-8-23-40-33-19-15-31(16-20-33)39-26-34(37-35(39)29-10-5-6-11-29)28-13-17-32(18-14-28)41-24-21-27-9-7-12-30(36)25-27/h7,9,12-20,25-26,29H,3-6,8,10-11,21-24H2,1-2H3. The van der Waals surface area contributed by atoms with Gasteiger partial charge < -0.3 is 18.9 Å². The molecule has 216 valence electrons. The van der Waals surface area contributed by atoms with Gasteiger partial charge in [0.2, 0.25) is 0 Å². The summed E-state index contributed by atoms with van der Waals surface area (Å²) >= 11 is 6.10. The molecule has 41 heavy (non-hydrogen) atoms. The van der Waals surface area contributed by atoms with Crippen LogP contribution in [0.25, 0.3) is 16.9 Å². The van der Waals surface area contributed by atoms with E-state index in [1.807, 2.05) is 30.3 Å². The lowest BCUT2D eigenvalue weighted by atomic mass is 10.1. The molecule has 1 heterocycles. The van der Waals surface area contributed by atoms with Crippen LogP contribution in [0.5, 0.6) is 11.5 Å². The molecule has 5 rings (SSSR count). The average molecular weight is 572 g/mol. The second-order valence-electron chi connectivity index (χ2n) is 10.8. The Hall–Kier alpha value is -3.28. The molecular weight excluding hydrogens is 530 g/mol. The van der Waals surface area contributed by atoms with E-state index in [0.29, 0.717) is 12.5 Å². The minimum absolute atomic E-state index is 0.494. The van der Waals surface area contributed by atoms with E-state index in [1.54, 1.807) is 0 Å². The minimum atomic E-state index is 0.494. The van der Waals surface area contributed by atoms with Gasteiger partial charge in [0.15, 0.2) is 0 Å². The third-order valence-electron chi connectivity index (χ3n) is 8.05. The molecule has 0 aliphatic heterocycles. The van der Waals surface area contributed by atoms with Crippen molar-refractivity contribution < 1.29 is 9.47 Å². The third kappa shape index (κ3) is 7.93. The number of hydrogen-bond donors (Lipinski definition) is 0. The van der Waals surface area contributed by atoms with Crippen LogP contribution in [0.4, 0.5) is 0 Å². The highest BCUT2D eigenvalue weighted by molar-refractivity contribution is 6.30. The molecule has 0 unspecified atom stereocenters. The SMILES string of the molecule is CCN(CC)CCCOc1ccc(-n2cc(-c3ccc(OCCc4cccc(Cl)c4)cc3)nc2C2CCCC2)cc1. The van der Waals surface area contributed by atoms with E-state index in [9.17, 15) is 0 Å². The fourth-order valence-corrected chi connectivity index (χ4v) is 5.85. The van der Waals surface area contributed by atoms with Gasteiger partial charge in [-0.3, -0.25) is 0 Å². The van der Waals surface area contributed by atoms with Crippen LogP contribution in [-0.2, 0) is 6.42 Å². The highest BCUT2D eigenvalue weighted by Gasteiger charge is 2.24. The van der Waals surface area contributed by atoms with Crippen LogP contribution in [0.3, 0.4) is 0 Å². The lowest BCUT2D eigenvalue weighted by molar-refractivity contribution is 0.249. The number of halogens is 1. The van der Waals surface area contributed by atoms with Gasteiger partial charge in [0.25, 0.3) is 0 Å². The smallest absolute Gasteiger partial charge is 0.119 e. The predicted octanol–water partition coefficient (Wildman–Crippen LogP) is 8.58. The lowest BCUT2D eigenvalue weighted by Gasteiger charge is -2.17. The van der Waals surface area contributed by atoms with Gasteiger partial charge >= 0.3 is 0 Å². The van der Waals surface area contributed by atoms with E-state index < -0.39 is 0 Å². The first-order valence-electron chi connectivity index (χ1n) is 15.2. The van der Waals surface area contributed by atoms with Crippen molar-refractivity contribution in [3.05, 3.63) is 95.4 Å². The number of ether oxygens (including phenoxy) is 2. The van der Waals surface area contributed by atoms with Crippen LogP contribution in [0.1, 0.15) is 63.3 Å². The Labute approximate surface area is 250 Å². The quantitative estimate of drug-likeness (QED) is 0.142. The molecule has 0 amide bonds. The Bertz CT molecular complexity index is 1360. The van der Waals surface area contributed by atoms with Gasteiger partial charge in [0, 0.05) is 41.4 Å². The fourth-order valence-electron chi connectivity index (χ4n) is 5.63. The number of benzene rings is 3. The van der Waals surface area contributed by atoms with Crippen LogP contribution in [-0.4, -0.2) is 47.3 Å². The second-order valence-corrected chi connectivity index (χ2v) is 11.2. The maximum absolute atomic E-state index is 6.10. The number of nitrogens with zero attached hydrogens (tertiary/aromatic N) is 3. The Morgan fingerprint density at radius 3 is 2.24 bits per heavy atom. The molecule has 0 spiro atoms. The van der Waals surface area contributed by atoms with Crippen LogP contribution in [0.15, 0.2) is 79.0 Å². The van der Waals surface area contributed by atoms with Gasteiger partial charge in [-0.15, -0.1) is 0 Å². The Morgan fingerprint density at radius 2 is 1.56 bits per heavy atom. The molecule has 1 aliphatic rings. The van der Waals surface area contributed by atoms with Crippen molar-refractivity contribution in [1.82, 2.24) is 14.5 Å². The maximum atomic E-state index is 6.10. The summed E-state index contributed by atoms with van der Waals surface area (Å²) in [4.78, 5) is 7.60. The van der Waals surface area contributed by atoms with Crippen molar-refractivity contribution in [3.8, 4) is 28.4 Å². The summed E-state index contributed by atoms with van der Waals surface area (Å²) in [5, 5.41) is 0.758. The van der Waals surface area contributed by atoms with Gasteiger partial charge in [-0.2, -0.15) is 0 Å². The van der Waals surface area contributed by atoms with Gasteiger partial charge in [-0.1, -0.05) is 50.4 Å². The minimum Gasteiger partial charge on any atom is -0.494 e. The van der Waals surface area contributed by atoms with Crippen molar-refractivity contribution in [3.63, 3.8) is 0 Å². The predicted molar refractivity (Wildman–Crippen MR) is 169 cm³/mol. The van der Waals surface area contributed by atoms with E-state index in [4.69, 9.17) is 26.1 Å². The lowest BCUT2D eigenvalue weighted by Crippen LogP contribution is -2.25. The Kier molecular flexibility index (Phi) is 10.4. The average Bonchev–Trinajstić information content (AvgIpc) is 3.69. The number of rotatable bonds is 14. The molecule has 6 heteroatoms. The van der Waals surface area contributed by atoms with Gasteiger partial charge in [0.05, 0.1) is 18.9 Å². The molecule has 0 radical (unpaired) electrons. The first-order chi connectivity index (χ1) is 20.1. The highest BCUT2D eigenvalue weighted by atomic mass is 35.5. The third-order valence-corrected chi connectivity index (χ3v) is 8.28. The van der Waals surface area contributed by atoms with Gasteiger partial charge in [0.1, 0.15) is 17.3 Å². The van der Waals surface area contributed by atoms with E-state index in [0.717, 1.165) is 78.4 Å². The molecule has 0 atom stereocenters. The van der Waals surface area contributed by atoms with Crippen LogP contribution in [0, 0.1) is 0 Å². The first-order valence-corrected chi connectivity index (χ1v) is 15.5. The van der Waals surface area contributed by atoms with Gasteiger partial charge in [-0.05, 0) is 98.6 Å².